The van der Waals surface area contributed by atoms with Crippen molar-refractivity contribution in [1.29, 1.82) is 0 Å². The van der Waals surface area contributed by atoms with Crippen LogP contribution >= 0.6 is 23.2 Å². The number of rotatable bonds is 17. The van der Waals surface area contributed by atoms with Crippen LogP contribution in [0.3, 0.4) is 0 Å². The molecule has 3 saturated heterocycles. The van der Waals surface area contributed by atoms with E-state index in [0.717, 1.165) is 92.2 Å². The summed E-state index contributed by atoms with van der Waals surface area (Å²) < 4.78 is 60.8. The van der Waals surface area contributed by atoms with E-state index in [1.54, 1.807) is 4.57 Å². The van der Waals surface area contributed by atoms with Crippen LogP contribution < -0.4 is 83.3 Å². The number of carboxylic acid groups (broad SMARTS) is 2. The average molecular weight is 1820 g/mol. The van der Waals surface area contributed by atoms with Crippen molar-refractivity contribution >= 4 is 93.1 Å². The molecule has 9 heterocycles. The number of carboxylic acids is 2. The Hall–Kier alpha value is -11.8. The second kappa shape index (κ2) is 38.2. The summed E-state index contributed by atoms with van der Waals surface area (Å²) >= 11 is 14.1. The molecule has 4 fully saturated rings. The SMILES string of the molecule is CN[C@H](CC(C)C)C(=O)NC1C(=O)N[C@@H](CC(N)=O)C(=O)NC2C(=O)N[C@H]3C(=O)N[C@H](C(=O)NC(C(=O)O)c4cc(O)cc(O)c4-c4cc3ccc4O)[C@H](O)c3ccc(c(Cl)c3)Oc3cc2cc(c3OC2OC(CO)C(O)C(O)C2OC2CC(C)(N)C(O)C(C)O2)Oc2ccc(cc2Cl)[C@H]1O.COc1c(N2CCNC(C)C2)c(F)cc2c(=O)c(C(=O)O)cn(C3CC3)c12. The van der Waals surface area contributed by atoms with Crippen LogP contribution in [0, 0.1) is 11.7 Å². The summed E-state index contributed by atoms with van der Waals surface area (Å²) in [4.78, 5) is 143. The first kappa shape index (κ1) is 93.8. The summed E-state index contributed by atoms with van der Waals surface area (Å²) in [5.41, 5.74) is 7.77. The third-order valence-electron chi connectivity index (χ3n) is 23.0. The van der Waals surface area contributed by atoms with Crippen LogP contribution in [0.5, 0.6) is 51.7 Å². The predicted molar refractivity (Wildman–Crippen MR) is 449 cm³/mol. The number of benzene rings is 6. The van der Waals surface area contributed by atoms with Crippen LogP contribution in [0.4, 0.5) is 10.1 Å². The number of aliphatic hydroxyl groups is 6. The van der Waals surface area contributed by atoms with Gasteiger partial charge in [0.25, 0.3) is 0 Å². The molecule has 0 radical (unpaired) electrons. The quantitative estimate of drug-likeness (QED) is 0.0620. The van der Waals surface area contributed by atoms with Gasteiger partial charge < -0.3 is 153 Å². The number of pyridine rings is 1. The van der Waals surface area contributed by atoms with E-state index in [0.29, 0.717) is 30.0 Å². The van der Waals surface area contributed by atoms with Crippen molar-refractivity contribution in [3.05, 3.63) is 151 Å². The van der Waals surface area contributed by atoms with Gasteiger partial charge in [-0.25, -0.2) is 14.0 Å². The summed E-state index contributed by atoms with van der Waals surface area (Å²) in [6.07, 6.45) is -15.4. The van der Waals surface area contributed by atoms with Gasteiger partial charge in [-0.2, -0.15) is 0 Å². The smallest absolute Gasteiger partial charge is 0.341 e. The van der Waals surface area contributed by atoms with Gasteiger partial charge in [0.2, 0.25) is 58.8 Å². The fraction of sp³-hybridized carbons (Fsp3) is 0.435. The van der Waals surface area contributed by atoms with Gasteiger partial charge >= 0.3 is 11.9 Å². The predicted octanol–water partition coefficient (Wildman–Crippen LogP) is 2.09. The first-order valence-electron chi connectivity index (χ1n) is 40.7. The largest absolute Gasteiger partial charge is 0.508 e. The maximum atomic E-state index is 16.0. The Morgan fingerprint density at radius 3 is 1.95 bits per heavy atom. The average Bonchev–Trinajstić information content (AvgIpc) is 1.36. The maximum Gasteiger partial charge on any atom is 0.341 e. The van der Waals surface area contributed by atoms with Crippen molar-refractivity contribution in [2.45, 2.75) is 188 Å². The summed E-state index contributed by atoms with van der Waals surface area (Å²) in [7, 11) is 2.93. The first-order chi connectivity index (χ1) is 60.6. The fourth-order valence-electron chi connectivity index (χ4n) is 16.4. The number of fused-ring (bicyclic) bond motifs is 16. The first-order valence-corrected chi connectivity index (χ1v) is 41.5. The number of primary amides is 1. The molecule has 13 unspecified atom stereocenters. The molecule has 128 heavy (non-hydrogen) atoms. The molecule has 7 amide bonds. The maximum absolute atomic E-state index is 16.0. The monoisotopic (exact) mass is 1820 g/mol. The van der Waals surface area contributed by atoms with E-state index < -0.39 is 254 Å². The van der Waals surface area contributed by atoms with Gasteiger partial charge in [0.1, 0.15) is 101 Å². The van der Waals surface area contributed by atoms with Crippen LogP contribution in [-0.4, -0.2) is 239 Å². The molecule has 43 heteroatoms. The molecular formula is C85H97Cl2FN12O28. The molecule has 1 saturated carbocycles. The number of likely N-dealkylation sites (N-methyl/N-ethyl adjacent to an activating group) is 1. The standard InChI is InChI=1S/C66H75Cl2N9O24.C19H22FN3O4/c1-23(2)12-34(71-5)58(88)76-49-51(83)26-7-10-38(32(67)14-26)97-40-16-28-17-41(55(40)101-65-56(54(86)53(85)42(22-78)99-65)100-44-21-66(4,70)57(87)24(3)96-44)98-39-11-8-27(15-33(39)68)52(84)50-63(93)75-48(64(94)95)31-18-29(79)19-37(81)45(31)30-13-25(6-9-36(30)80)46(60(90)77-50)74-61(91)47(28)73-59(89)35(20-43(69)82)72-62(49)92;1-10-8-22(6-5-21-10)16-14(20)7-12-15(18(16)27-2)23(11-3-4-11)9-13(17(12)24)19(25)26/h6-11,13-19,23-24,34-35,42,44,46-54,56-57,65,71,78-81,83-87H,12,20-22,70H2,1-5H3,(H2,69,82)(H,72,92)(H,73,89)(H,74,91)(H,75,93)(H,76,88)(H,77,90)(H,94,95);7,9-11,21H,3-6,8H2,1-2H3,(H,25,26)/t24?,34-,35+,42?,44?,46-,47?,48?,49?,50+,51-,52-,53?,54?,56?,57?,65?,66?;/m1./s1. The van der Waals surface area contributed by atoms with Crippen molar-refractivity contribution < 1.29 is 137 Å². The molecule has 8 aliphatic heterocycles. The van der Waals surface area contributed by atoms with Crippen LogP contribution in [0.1, 0.15) is 141 Å². The molecule has 9 aliphatic rings. The minimum atomic E-state index is -2.35. The zero-order chi connectivity index (χ0) is 92.8. The molecule has 1 aliphatic carbocycles. The van der Waals surface area contributed by atoms with Crippen molar-refractivity contribution in [2.75, 3.05) is 45.3 Å². The second-order valence-corrected chi connectivity index (χ2v) is 33.8. The highest BCUT2D eigenvalue weighted by molar-refractivity contribution is 6.32. The number of carbonyl (C=O) groups excluding carboxylic acids is 7. The number of nitrogens with one attached hydrogen (secondary N) is 8. The number of aliphatic carboxylic acids is 1. The van der Waals surface area contributed by atoms with Gasteiger partial charge in [0.15, 0.2) is 41.5 Å². The molecule has 1 aromatic heterocycles. The van der Waals surface area contributed by atoms with Crippen LogP contribution in [0.15, 0.2) is 95.9 Å². The van der Waals surface area contributed by atoms with Gasteiger partial charge in [-0.1, -0.05) is 55.2 Å². The van der Waals surface area contributed by atoms with Crippen molar-refractivity contribution in [3.8, 4) is 62.9 Å². The third kappa shape index (κ3) is 19.6. The second-order valence-electron chi connectivity index (χ2n) is 33.0. The molecule has 19 atom stereocenters. The molecule has 11 bridgehead atoms. The van der Waals surface area contributed by atoms with Gasteiger partial charge in [0.05, 0.1) is 59.3 Å². The Balaban J connectivity index is 0.000000437. The number of phenols is 3. The number of methoxy groups -OCH3 is 1. The van der Waals surface area contributed by atoms with E-state index in [1.165, 1.54) is 46.3 Å². The number of aromatic nitrogens is 1. The topological polar surface area (TPSA) is 614 Å². The highest BCUT2D eigenvalue weighted by Crippen LogP contribution is 2.51. The molecule has 686 valence electrons. The number of halogens is 3. The number of hydrogen-bond donors (Lipinski definition) is 21. The Kier molecular flexibility index (Phi) is 28.0. The number of hydrogen-bond acceptors (Lipinski definition) is 30. The van der Waals surface area contributed by atoms with E-state index in [4.69, 9.17) is 67.8 Å². The number of ether oxygens (including phenoxy) is 7. The minimum Gasteiger partial charge on any atom is -0.508 e. The Labute approximate surface area is 737 Å². The van der Waals surface area contributed by atoms with Gasteiger partial charge in [0, 0.05) is 72.6 Å². The van der Waals surface area contributed by atoms with E-state index in [1.807, 2.05) is 25.7 Å². The lowest BCUT2D eigenvalue weighted by atomic mass is 9.86. The van der Waals surface area contributed by atoms with E-state index >= 15 is 18.8 Å². The number of amides is 7. The number of phenolic OH excluding ortho intramolecular Hbond substituents is 3. The summed E-state index contributed by atoms with van der Waals surface area (Å²) in [5, 5.41) is 143. The van der Waals surface area contributed by atoms with E-state index in [2.05, 4.69) is 42.5 Å². The number of nitrogens with two attached hydrogens (primary N) is 2. The van der Waals surface area contributed by atoms with Crippen molar-refractivity contribution in [3.63, 3.8) is 0 Å². The number of aliphatic hydroxyl groups excluding tert-OH is 6. The molecule has 7 aromatic rings. The number of aromatic carboxylic acids is 1. The lowest BCUT2D eigenvalue weighted by Gasteiger charge is -2.47. The third-order valence-corrected chi connectivity index (χ3v) is 23.6. The zero-order valence-corrected chi connectivity index (χ0v) is 71.1. The molecule has 6 aromatic carbocycles. The summed E-state index contributed by atoms with van der Waals surface area (Å²) in [6, 6.07) is 0.772. The minimum absolute atomic E-state index is 0.0445. The molecule has 23 N–H and O–H groups in total. The Morgan fingerprint density at radius 2 is 1.37 bits per heavy atom. The van der Waals surface area contributed by atoms with Crippen molar-refractivity contribution in [1.82, 2.24) is 47.1 Å². The van der Waals surface area contributed by atoms with E-state index in [-0.39, 0.29) is 69.3 Å². The lowest BCUT2D eigenvalue weighted by molar-refractivity contribution is -0.333. The van der Waals surface area contributed by atoms with Crippen LogP contribution in [-0.2, 0) is 52.6 Å². The normalized spacial score (nSPS) is 27.5. The Morgan fingerprint density at radius 1 is 0.734 bits per heavy atom. The lowest BCUT2D eigenvalue weighted by Crippen LogP contribution is -2.64. The van der Waals surface area contributed by atoms with Gasteiger partial charge in [-0.3, -0.25) is 38.4 Å². The van der Waals surface area contributed by atoms with Crippen LogP contribution in [0.25, 0.3) is 22.0 Å². The highest BCUT2D eigenvalue weighted by Gasteiger charge is 2.52. The number of aromatic hydroxyl groups is 3. The highest BCUT2D eigenvalue weighted by atomic mass is 35.5. The Bertz CT molecular complexity index is 5590. The molecule has 16 rings (SSSR count). The molecular weight excluding hydrogens is 1730 g/mol. The summed E-state index contributed by atoms with van der Waals surface area (Å²) in [5.74, 6) is -17.6. The summed E-state index contributed by atoms with van der Waals surface area (Å²) in [6.45, 7) is 9.63. The zero-order valence-electron chi connectivity index (χ0n) is 69.6. The van der Waals surface area contributed by atoms with Gasteiger partial charge in [-0.15, -0.1) is 0 Å². The number of carbonyl (C=O) groups is 9. The van der Waals surface area contributed by atoms with Gasteiger partial charge in [-0.05, 0) is 136 Å². The number of anilines is 1. The fourth-order valence-corrected chi connectivity index (χ4v) is 16.8. The number of nitrogens with zero attached hydrogens (tertiary/aromatic N) is 2. The van der Waals surface area contributed by atoms with E-state index in [9.17, 15) is 89.7 Å². The number of piperazine rings is 1. The van der Waals surface area contributed by atoms with Crippen LogP contribution in [0.2, 0.25) is 10.0 Å². The van der Waals surface area contributed by atoms with Crippen molar-refractivity contribution in [2.24, 2.45) is 17.4 Å². The molecule has 0 spiro atoms. The molecule has 40 nitrogen and oxygen atoms in total.